The normalized spacial score (nSPS) is 14.3. The lowest BCUT2D eigenvalue weighted by atomic mass is 10.1. The number of aliphatic hydroxyl groups excluding tert-OH is 1. The summed E-state index contributed by atoms with van der Waals surface area (Å²) >= 11 is 1.62. The fraction of sp³-hybridized carbons (Fsp3) is 0.438. The molecule has 0 radical (unpaired) electrons. The summed E-state index contributed by atoms with van der Waals surface area (Å²) in [5.41, 5.74) is 2.07. The maximum atomic E-state index is 9.02. The first-order chi connectivity index (χ1) is 10.8. The highest BCUT2D eigenvalue weighted by molar-refractivity contribution is 7.13. The van der Waals surface area contributed by atoms with E-state index in [1.807, 2.05) is 18.2 Å². The second kappa shape index (κ2) is 7.09. The molecule has 5 nitrogen and oxygen atoms in total. The van der Waals surface area contributed by atoms with Gasteiger partial charge in [0.1, 0.15) is 5.01 Å². The van der Waals surface area contributed by atoms with Gasteiger partial charge in [-0.1, -0.05) is 6.92 Å². The molecule has 1 aromatic heterocycles. The second-order valence-electron chi connectivity index (χ2n) is 5.21. The molecule has 6 heteroatoms. The van der Waals surface area contributed by atoms with Crippen LogP contribution >= 0.6 is 11.3 Å². The molecule has 3 rings (SSSR count). The fourth-order valence-corrected chi connectivity index (χ4v) is 3.22. The molecule has 22 heavy (non-hydrogen) atoms. The van der Waals surface area contributed by atoms with Gasteiger partial charge in [0.2, 0.25) is 6.79 Å². The van der Waals surface area contributed by atoms with Crippen LogP contribution in [-0.2, 0) is 6.54 Å². The van der Waals surface area contributed by atoms with E-state index in [1.54, 1.807) is 11.3 Å². The van der Waals surface area contributed by atoms with Crippen molar-refractivity contribution in [2.24, 2.45) is 0 Å². The molecule has 2 N–H and O–H groups in total. The van der Waals surface area contributed by atoms with Crippen LogP contribution in [0.15, 0.2) is 23.6 Å². The van der Waals surface area contributed by atoms with E-state index in [4.69, 9.17) is 14.6 Å². The predicted octanol–water partition coefficient (Wildman–Crippen LogP) is 2.79. The quantitative estimate of drug-likeness (QED) is 0.821. The van der Waals surface area contributed by atoms with Crippen molar-refractivity contribution < 1.29 is 14.6 Å². The monoisotopic (exact) mass is 320 g/mol. The molecule has 0 bridgehead atoms. The van der Waals surface area contributed by atoms with E-state index in [9.17, 15) is 0 Å². The van der Waals surface area contributed by atoms with E-state index in [2.05, 4.69) is 22.6 Å². The SMILES string of the molecule is CCC(CCO)NCc1csc(-c2ccc3c(c2)OCO3)n1. The number of thiazole rings is 1. The Kier molecular flexibility index (Phi) is 4.92. The highest BCUT2D eigenvalue weighted by Gasteiger charge is 2.15. The third-order valence-corrected chi connectivity index (χ3v) is 4.65. The molecule has 1 aliphatic rings. The minimum atomic E-state index is 0.213. The molecule has 1 atom stereocenters. The summed E-state index contributed by atoms with van der Waals surface area (Å²) in [5.74, 6) is 1.57. The number of aromatic nitrogens is 1. The predicted molar refractivity (Wildman–Crippen MR) is 86.3 cm³/mol. The molecule has 2 aromatic rings. The Morgan fingerprint density at radius 3 is 3.05 bits per heavy atom. The molecule has 0 aliphatic carbocycles. The highest BCUT2D eigenvalue weighted by Crippen LogP contribution is 2.36. The van der Waals surface area contributed by atoms with E-state index >= 15 is 0 Å². The molecule has 1 aliphatic heterocycles. The number of rotatable bonds is 7. The standard InChI is InChI=1S/C16H20N2O3S/c1-2-12(5-6-19)17-8-13-9-22-16(18-13)11-3-4-14-15(7-11)21-10-20-14/h3-4,7,9,12,17,19H,2,5-6,8,10H2,1H3. The van der Waals surface area contributed by atoms with Crippen molar-refractivity contribution in [2.75, 3.05) is 13.4 Å². The van der Waals surface area contributed by atoms with Gasteiger partial charge in [0.25, 0.3) is 0 Å². The second-order valence-corrected chi connectivity index (χ2v) is 6.07. The number of hydrogen-bond donors (Lipinski definition) is 2. The number of nitrogens with one attached hydrogen (secondary N) is 1. The van der Waals surface area contributed by atoms with Gasteiger partial charge in [0, 0.05) is 30.1 Å². The maximum absolute atomic E-state index is 9.02. The van der Waals surface area contributed by atoms with Gasteiger partial charge in [0.05, 0.1) is 5.69 Å². The third-order valence-electron chi connectivity index (χ3n) is 3.71. The van der Waals surface area contributed by atoms with Crippen LogP contribution < -0.4 is 14.8 Å². The summed E-state index contributed by atoms with van der Waals surface area (Å²) in [6, 6.07) is 6.23. The van der Waals surface area contributed by atoms with Crippen molar-refractivity contribution in [3.63, 3.8) is 0 Å². The number of fused-ring (bicyclic) bond motifs is 1. The Morgan fingerprint density at radius 1 is 1.36 bits per heavy atom. The van der Waals surface area contributed by atoms with Crippen LogP contribution in [0.1, 0.15) is 25.5 Å². The first-order valence-corrected chi connectivity index (χ1v) is 8.36. The average Bonchev–Trinajstić information content (AvgIpc) is 3.19. The number of hydrogen-bond acceptors (Lipinski definition) is 6. The molecule has 0 saturated heterocycles. The van der Waals surface area contributed by atoms with Crippen LogP contribution in [0.2, 0.25) is 0 Å². The molecule has 118 valence electrons. The molecule has 0 spiro atoms. The van der Waals surface area contributed by atoms with E-state index in [-0.39, 0.29) is 13.4 Å². The molecular formula is C16H20N2O3S. The van der Waals surface area contributed by atoms with Crippen molar-refractivity contribution in [1.82, 2.24) is 10.3 Å². The van der Waals surface area contributed by atoms with Gasteiger partial charge in [-0.15, -0.1) is 11.3 Å². The van der Waals surface area contributed by atoms with Crippen molar-refractivity contribution >= 4 is 11.3 Å². The lowest BCUT2D eigenvalue weighted by Gasteiger charge is -2.14. The fourth-order valence-electron chi connectivity index (χ4n) is 2.41. The third kappa shape index (κ3) is 3.40. The van der Waals surface area contributed by atoms with Gasteiger partial charge in [-0.25, -0.2) is 4.98 Å². The lowest BCUT2D eigenvalue weighted by molar-refractivity contribution is 0.174. The smallest absolute Gasteiger partial charge is 0.231 e. The van der Waals surface area contributed by atoms with E-state index in [1.165, 1.54) is 0 Å². The van der Waals surface area contributed by atoms with Gasteiger partial charge in [0.15, 0.2) is 11.5 Å². The molecule has 2 heterocycles. The van der Waals surface area contributed by atoms with Crippen molar-refractivity contribution in [2.45, 2.75) is 32.4 Å². The van der Waals surface area contributed by atoms with Crippen LogP contribution in [0.4, 0.5) is 0 Å². The van der Waals surface area contributed by atoms with Gasteiger partial charge < -0.3 is 19.9 Å². The maximum Gasteiger partial charge on any atom is 0.231 e. The lowest BCUT2D eigenvalue weighted by Crippen LogP contribution is -2.28. The zero-order chi connectivity index (χ0) is 15.4. The summed E-state index contributed by atoms with van der Waals surface area (Å²) in [7, 11) is 0. The summed E-state index contributed by atoms with van der Waals surface area (Å²) in [6.45, 7) is 3.34. The Labute approximate surface area is 133 Å². The zero-order valence-corrected chi connectivity index (χ0v) is 13.4. The number of benzene rings is 1. The summed E-state index contributed by atoms with van der Waals surface area (Å²) in [5, 5.41) is 15.5. The Hall–Kier alpha value is -1.63. The first-order valence-electron chi connectivity index (χ1n) is 7.48. The minimum absolute atomic E-state index is 0.213. The van der Waals surface area contributed by atoms with E-state index in [0.717, 1.165) is 47.2 Å². The van der Waals surface area contributed by atoms with Crippen LogP contribution in [0.3, 0.4) is 0 Å². The average molecular weight is 320 g/mol. The van der Waals surface area contributed by atoms with E-state index in [0.29, 0.717) is 6.04 Å². The van der Waals surface area contributed by atoms with Gasteiger partial charge in [-0.05, 0) is 31.0 Å². The van der Waals surface area contributed by atoms with Gasteiger partial charge in [-0.2, -0.15) is 0 Å². The Morgan fingerprint density at radius 2 is 2.23 bits per heavy atom. The highest BCUT2D eigenvalue weighted by atomic mass is 32.1. The van der Waals surface area contributed by atoms with Gasteiger partial charge in [-0.3, -0.25) is 0 Å². The van der Waals surface area contributed by atoms with Crippen LogP contribution in [0.25, 0.3) is 10.6 Å². The van der Waals surface area contributed by atoms with Crippen LogP contribution in [0, 0.1) is 0 Å². The number of ether oxygens (including phenoxy) is 2. The van der Waals surface area contributed by atoms with Crippen molar-refractivity contribution in [3.8, 4) is 22.1 Å². The minimum Gasteiger partial charge on any atom is -0.454 e. The zero-order valence-electron chi connectivity index (χ0n) is 12.5. The van der Waals surface area contributed by atoms with Crippen molar-refractivity contribution in [1.29, 1.82) is 0 Å². The topological polar surface area (TPSA) is 63.6 Å². The van der Waals surface area contributed by atoms with Crippen LogP contribution in [-0.4, -0.2) is 29.5 Å². The Balaban J connectivity index is 1.66. The largest absolute Gasteiger partial charge is 0.454 e. The summed E-state index contributed by atoms with van der Waals surface area (Å²) in [4.78, 5) is 4.67. The van der Waals surface area contributed by atoms with Crippen molar-refractivity contribution in [3.05, 3.63) is 29.3 Å². The first kappa shape index (κ1) is 15.3. The molecular weight excluding hydrogens is 300 g/mol. The van der Waals surface area contributed by atoms with Gasteiger partial charge >= 0.3 is 0 Å². The van der Waals surface area contributed by atoms with Crippen LogP contribution in [0.5, 0.6) is 11.5 Å². The molecule has 0 saturated carbocycles. The Bertz CT molecular complexity index is 630. The molecule has 1 aromatic carbocycles. The molecule has 1 unspecified atom stereocenters. The molecule has 0 amide bonds. The van der Waals surface area contributed by atoms with E-state index < -0.39 is 0 Å². The summed E-state index contributed by atoms with van der Waals surface area (Å²) < 4.78 is 10.7. The number of nitrogens with zero attached hydrogens (tertiary/aromatic N) is 1. The number of aliphatic hydroxyl groups is 1. The molecule has 0 fully saturated rings. The summed E-state index contributed by atoms with van der Waals surface area (Å²) in [6.07, 6.45) is 1.77.